The average molecular weight is 388 g/mol. The molecule has 0 unspecified atom stereocenters. The zero-order chi connectivity index (χ0) is 20.4. The summed E-state index contributed by atoms with van der Waals surface area (Å²) in [5.74, 6) is 3.48. The Morgan fingerprint density at radius 1 is 1.03 bits per heavy atom. The van der Waals surface area contributed by atoms with Crippen molar-refractivity contribution in [3.8, 4) is 17.4 Å². The van der Waals surface area contributed by atoms with Crippen LogP contribution in [0.4, 0.5) is 5.69 Å². The average Bonchev–Trinajstić information content (AvgIpc) is 3.32. The monoisotopic (exact) mass is 388 g/mol. The maximum Gasteiger partial charge on any atom is 0.259 e. The van der Waals surface area contributed by atoms with Crippen LogP contribution in [0, 0.1) is 20.8 Å². The number of rotatable bonds is 5. The SMILES string of the molecule is Cc1nc(Oc2ccc(NC(=O)c3cc(C)oc3C)cc2)cc(-n2cccc2)n1. The lowest BCUT2D eigenvalue weighted by molar-refractivity contribution is 0.102. The Kier molecular flexibility index (Phi) is 4.87. The lowest BCUT2D eigenvalue weighted by atomic mass is 10.2. The molecule has 0 saturated heterocycles. The fourth-order valence-electron chi connectivity index (χ4n) is 2.98. The van der Waals surface area contributed by atoms with Crippen LogP contribution in [0.1, 0.15) is 27.7 Å². The van der Waals surface area contributed by atoms with Crippen molar-refractivity contribution >= 4 is 11.6 Å². The van der Waals surface area contributed by atoms with E-state index in [1.54, 1.807) is 43.3 Å². The van der Waals surface area contributed by atoms with Gasteiger partial charge in [0.15, 0.2) is 0 Å². The molecule has 4 rings (SSSR count). The summed E-state index contributed by atoms with van der Waals surface area (Å²) >= 11 is 0. The van der Waals surface area contributed by atoms with Gasteiger partial charge in [-0.3, -0.25) is 4.79 Å². The molecule has 0 radical (unpaired) electrons. The third-order valence-corrected chi connectivity index (χ3v) is 4.29. The zero-order valence-corrected chi connectivity index (χ0v) is 16.3. The van der Waals surface area contributed by atoms with Crippen molar-refractivity contribution < 1.29 is 13.9 Å². The number of hydrogen-bond acceptors (Lipinski definition) is 5. The number of amides is 1. The van der Waals surface area contributed by atoms with Crippen LogP contribution in [0.5, 0.6) is 11.6 Å². The Hall–Kier alpha value is -3.87. The molecule has 7 nitrogen and oxygen atoms in total. The predicted octanol–water partition coefficient (Wildman–Crippen LogP) is 4.83. The van der Waals surface area contributed by atoms with Crippen LogP contribution in [0.3, 0.4) is 0 Å². The number of carbonyl (C=O) groups excluding carboxylic acids is 1. The number of anilines is 1. The first-order chi connectivity index (χ1) is 14.0. The van der Waals surface area contributed by atoms with E-state index < -0.39 is 0 Å². The van der Waals surface area contributed by atoms with Crippen LogP contribution in [0.2, 0.25) is 0 Å². The minimum Gasteiger partial charge on any atom is -0.466 e. The number of ether oxygens (including phenoxy) is 1. The van der Waals surface area contributed by atoms with Gasteiger partial charge in [-0.15, -0.1) is 0 Å². The second kappa shape index (κ2) is 7.63. The van der Waals surface area contributed by atoms with Gasteiger partial charge in [0, 0.05) is 24.1 Å². The van der Waals surface area contributed by atoms with E-state index in [9.17, 15) is 4.79 Å². The molecule has 3 heterocycles. The van der Waals surface area contributed by atoms with E-state index >= 15 is 0 Å². The van der Waals surface area contributed by atoms with Crippen molar-refractivity contribution in [2.45, 2.75) is 20.8 Å². The Morgan fingerprint density at radius 2 is 1.76 bits per heavy atom. The van der Waals surface area contributed by atoms with E-state index in [-0.39, 0.29) is 5.91 Å². The molecule has 0 fully saturated rings. The summed E-state index contributed by atoms with van der Waals surface area (Å²) in [4.78, 5) is 21.1. The van der Waals surface area contributed by atoms with Gasteiger partial charge in [0.2, 0.25) is 5.88 Å². The van der Waals surface area contributed by atoms with Crippen molar-refractivity contribution in [2.24, 2.45) is 0 Å². The van der Waals surface area contributed by atoms with Gasteiger partial charge >= 0.3 is 0 Å². The van der Waals surface area contributed by atoms with E-state index in [1.165, 1.54) is 0 Å². The first-order valence-electron chi connectivity index (χ1n) is 9.13. The number of nitrogens with zero attached hydrogens (tertiary/aromatic N) is 3. The van der Waals surface area contributed by atoms with E-state index in [0.717, 1.165) is 5.82 Å². The summed E-state index contributed by atoms with van der Waals surface area (Å²) in [6.45, 7) is 5.40. The lowest BCUT2D eigenvalue weighted by Crippen LogP contribution is -2.11. The highest BCUT2D eigenvalue weighted by Gasteiger charge is 2.13. The van der Waals surface area contributed by atoms with Gasteiger partial charge in [-0.2, -0.15) is 4.98 Å². The molecular formula is C22H20N4O3. The maximum absolute atomic E-state index is 12.4. The van der Waals surface area contributed by atoms with Crippen molar-refractivity contribution in [1.82, 2.24) is 14.5 Å². The predicted molar refractivity (Wildman–Crippen MR) is 109 cm³/mol. The molecule has 7 heteroatoms. The summed E-state index contributed by atoms with van der Waals surface area (Å²) < 4.78 is 13.2. The topological polar surface area (TPSA) is 82.2 Å². The number of nitrogens with one attached hydrogen (secondary N) is 1. The number of carbonyl (C=O) groups is 1. The largest absolute Gasteiger partial charge is 0.466 e. The molecule has 1 aromatic carbocycles. The van der Waals surface area contributed by atoms with Gasteiger partial charge in [0.25, 0.3) is 5.91 Å². The molecule has 1 amide bonds. The standard InChI is InChI=1S/C22H20N4O3/c1-14-12-19(15(2)28-14)22(27)25-17-6-8-18(9-7-17)29-21-13-20(23-16(3)24-21)26-10-4-5-11-26/h4-13H,1-3H3,(H,25,27). The van der Waals surface area contributed by atoms with Gasteiger partial charge in [-0.25, -0.2) is 4.98 Å². The fourth-order valence-corrected chi connectivity index (χ4v) is 2.98. The number of benzene rings is 1. The van der Waals surface area contributed by atoms with Crippen molar-refractivity contribution in [3.05, 3.63) is 83.8 Å². The summed E-state index contributed by atoms with van der Waals surface area (Å²) in [6.07, 6.45) is 3.82. The molecule has 0 aliphatic carbocycles. The maximum atomic E-state index is 12.4. The van der Waals surface area contributed by atoms with Gasteiger partial charge < -0.3 is 19.0 Å². The smallest absolute Gasteiger partial charge is 0.259 e. The molecule has 146 valence electrons. The zero-order valence-electron chi connectivity index (χ0n) is 16.3. The quantitative estimate of drug-likeness (QED) is 0.529. The molecule has 0 spiro atoms. The van der Waals surface area contributed by atoms with Crippen molar-refractivity contribution in [1.29, 1.82) is 0 Å². The molecule has 0 bridgehead atoms. The molecule has 0 saturated carbocycles. The normalized spacial score (nSPS) is 10.7. The van der Waals surface area contributed by atoms with Gasteiger partial charge in [0.05, 0.1) is 5.56 Å². The van der Waals surface area contributed by atoms with Crippen LogP contribution >= 0.6 is 0 Å². The first kappa shape index (κ1) is 18.5. The summed E-state index contributed by atoms with van der Waals surface area (Å²) in [7, 11) is 0. The molecule has 0 atom stereocenters. The minimum absolute atomic E-state index is 0.212. The molecule has 4 aromatic rings. The van der Waals surface area contributed by atoms with E-state index in [4.69, 9.17) is 9.15 Å². The van der Waals surface area contributed by atoms with Crippen LogP contribution < -0.4 is 10.1 Å². The molecule has 0 aliphatic heterocycles. The Bertz CT molecular complexity index is 1150. The molecular weight excluding hydrogens is 368 g/mol. The fraction of sp³-hybridized carbons (Fsp3) is 0.136. The second-order valence-electron chi connectivity index (χ2n) is 6.61. The van der Waals surface area contributed by atoms with Gasteiger partial charge in [-0.05, 0) is 63.2 Å². The Morgan fingerprint density at radius 3 is 2.41 bits per heavy atom. The van der Waals surface area contributed by atoms with Gasteiger partial charge in [-0.1, -0.05) is 0 Å². The summed E-state index contributed by atoms with van der Waals surface area (Å²) in [5.41, 5.74) is 1.18. The highest BCUT2D eigenvalue weighted by atomic mass is 16.5. The number of aromatic nitrogens is 3. The van der Waals surface area contributed by atoms with Gasteiger partial charge in [0.1, 0.15) is 28.9 Å². The molecule has 29 heavy (non-hydrogen) atoms. The molecule has 0 aliphatic rings. The Balaban J connectivity index is 1.47. The van der Waals surface area contributed by atoms with Crippen LogP contribution in [-0.2, 0) is 0 Å². The minimum atomic E-state index is -0.212. The van der Waals surface area contributed by atoms with Crippen molar-refractivity contribution in [3.63, 3.8) is 0 Å². The lowest BCUT2D eigenvalue weighted by Gasteiger charge is -2.09. The van der Waals surface area contributed by atoms with E-state index in [0.29, 0.717) is 40.2 Å². The third-order valence-electron chi connectivity index (χ3n) is 4.29. The molecule has 3 aromatic heterocycles. The highest BCUT2D eigenvalue weighted by molar-refractivity contribution is 6.05. The van der Waals surface area contributed by atoms with E-state index in [2.05, 4.69) is 15.3 Å². The van der Waals surface area contributed by atoms with Crippen molar-refractivity contribution in [2.75, 3.05) is 5.32 Å². The first-order valence-corrected chi connectivity index (χ1v) is 9.13. The molecule has 1 N–H and O–H groups in total. The van der Waals surface area contributed by atoms with Crippen LogP contribution in [0.15, 0.2) is 65.3 Å². The number of furan rings is 1. The third kappa shape index (κ3) is 4.19. The number of hydrogen-bond donors (Lipinski definition) is 1. The Labute approximate surface area is 168 Å². The summed E-state index contributed by atoms with van der Waals surface area (Å²) in [6, 6.07) is 14.4. The second-order valence-corrected chi connectivity index (χ2v) is 6.61. The van der Waals surface area contributed by atoms with E-state index in [1.807, 2.05) is 42.9 Å². The highest BCUT2D eigenvalue weighted by Crippen LogP contribution is 2.24. The summed E-state index contributed by atoms with van der Waals surface area (Å²) in [5, 5.41) is 2.86. The van der Waals surface area contributed by atoms with Crippen LogP contribution in [0.25, 0.3) is 5.82 Å². The van der Waals surface area contributed by atoms with Crippen LogP contribution in [-0.4, -0.2) is 20.4 Å². The number of aryl methyl sites for hydroxylation is 3.